The van der Waals surface area contributed by atoms with Crippen LogP contribution in [0, 0.1) is 11.8 Å². The van der Waals surface area contributed by atoms with Crippen molar-refractivity contribution < 1.29 is 154 Å². The summed E-state index contributed by atoms with van der Waals surface area (Å²) in [5.41, 5.74) is 0. The van der Waals surface area contributed by atoms with Crippen LogP contribution in [0.1, 0.15) is 13.8 Å². The third-order valence-electron chi connectivity index (χ3n) is 5.44. The molecule has 0 rings (SSSR count). The molecule has 0 aromatic carbocycles. The molecule has 0 aromatic heterocycles. The summed E-state index contributed by atoms with van der Waals surface area (Å²) in [5, 5.41) is 8.87. The Morgan fingerprint density at radius 1 is 0.295 bits per heavy atom. The summed E-state index contributed by atoms with van der Waals surface area (Å²) in [6.45, 7) is -8.64. The Bertz CT molecular complexity index is 1640. The molecule has 9 atom stereocenters. The van der Waals surface area contributed by atoms with Crippen molar-refractivity contribution in [1.82, 2.24) is 0 Å². The van der Waals surface area contributed by atoms with Crippen LogP contribution in [-0.4, -0.2) is 155 Å². The first kappa shape index (κ1) is 61.8. The molecule has 0 spiro atoms. The molecule has 0 bridgehead atoms. The Labute approximate surface area is 347 Å². The van der Waals surface area contributed by atoms with E-state index in [4.69, 9.17) is 14.9 Å². The monoisotopic (exact) mass is 1070 g/mol. The molecule has 0 heterocycles. The third kappa shape index (κ3) is 37.6. The molecule has 41 heteroatoms. The van der Waals surface area contributed by atoms with Gasteiger partial charge in [0.05, 0.1) is 99.1 Å². The number of aliphatic hydroxyl groups excluding tert-OH is 1. The van der Waals surface area contributed by atoms with E-state index in [1.54, 1.807) is 0 Å². The molecule has 0 aromatic rings. The van der Waals surface area contributed by atoms with Crippen LogP contribution in [0.2, 0.25) is 0 Å². The summed E-state index contributed by atoms with van der Waals surface area (Å²) in [4.78, 5) is 84.4. The Hall–Kier alpha value is 0.840. The molecule has 9 unspecified atom stereocenters. The van der Waals surface area contributed by atoms with E-state index in [0.717, 1.165) is 0 Å². The minimum atomic E-state index is -4.91. The normalized spacial score (nSPS) is 20.5. The van der Waals surface area contributed by atoms with Crippen LogP contribution in [0.5, 0.6) is 0 Å². The van der Waals surface area contributed by atoms with E-state index >= 15 is 0 Å². The molecule has 33 nitrogen and oxygen atoms in total. The Morgan fingerprint density at radius 3 is 0.639 bits per heavy atom. The standard InChI is InChI=1S/C20H50O33P8/c1-19(15-21)16-52-60(35,36)49-13-11-47-58(31,32)45-9-7-43-56(27,28)41-5-3-39-55(25,26)40-4-6-42-57(29,30)44-8-10-46-59(33,34)48-12-14-50-61(37,38)53-18-20(2)17-51-54(22,23)24/h19-21H,3-18H2,1-2H3,(H,25,26)(H,27,28)(H,29,30)(H,31,32)(H,33,34)(H,35,36)(H,37,38)(H2,22,23,24). The van der Waals surface area contributed by atoms with Gasteiger partial charge in [-0.1, -0.05) is 13.8 Å². The minimum absolute atomic E-state index is 0.317. The topological polar surface area (TPSA) is 477 Å². The van der Waals surface area contributed by atoms with Crippen LogP contribution >= 0.6 is 62.6 Å². The highest BCUT2D eigenvalue weighted by molar-refractivity contribution is 7.49. The predicted molar refractivity (Wildman–Crippen MR) is 196 cm³/mol. The first-order chi connectivity index (χ1) is 27.8. The largest absolute Gasteiger partial charge is 0.472 e. The Morgan fingerprint density at radius 2 is 0.459 bits per heavy atom. The number of aliphatic hydroxyl groups is 1. The second-order valence-electron chi connectivity index (χ2n) is 11.0. The van der Waals surface area contributed by atoms with Crippen LogP contribution in [0.4, 0.5) is 0 Å². The lowest BCUT2D eigenvalue weighted by Gasteiger charge is -2.17. The third-order valence-corrected chi connectivity index (χ3v) is 13.0. The summed E-state index contributed by atoms with van der Waals surface area (Å²) < 4.78 is 161. The SMILES string of the molecule is CC(CO)COP(=O)(O)OCCOP(=O)(O)OCCOP(=O)(O)OCCOP(=O)(O)OCCOP(=O)(O)OCCOP(=O)(O)OCCOP(=O)(O)OCC(C)COP(=O)(O)O. The van der Waals surface area contributed by atoms with Gasteiger partial charge in [0, 0.05) is 18.4 Å². The molecular formula is C20H50O33P8. The van der Waals surface area contributed by atoms with Crippen molar-refractivity contribution in [2.75, 3.05) is 106 Å². The number of phosphoric acid groups is 8. The number of hydrogen-bond donors (Lipinski definition) is 10. The van der Waals surface area contributed by atoms with E-state index in [-0.39, 0.29) is 13.2 Å². The van der Waals surface area contributed by atoms with Crippen molar-refractivity contribution in [2.24, 2.45) is 11.8 Å². The van der Waals surface area contributed by atoms with Crippen molar-refractivity contribution in [3.63, 3.8) is 0 Å². The van der Waals surface area contributed by atoms with E-state index in [1.165, 1.54) is 13.8 Å². The summed E-state index contributed by atoms with van der Waals surface area (Å²) >= 11 is 0. The first-order valence-corrected chi connectivity index (χ1v) is 28.4. The summed E-state index contributed by atoms with van der Waals surface area (Å²) in [7, 11) is -38.4. The maximum Gasteiger partial charge on any atom is 0.472 e. The van der Waals surface area contributed by atoms with Crippen molar-refractivity contribution in [3.05, 3.63) is 0 Å². The van der Waals surface area contributed by atoms with E-state index in [9.17, 15) is 70.8 Å². The maximum atomic E-state index is 11.9. The molecular weight excluding hydrogens is 1020 g/mol. The second-order valence-corrected chi connectivity index (χ2v) is 22.5. The lowest BCUT2D eigenvalue weighted by Crippen LogP contribution is -2.13. The molecule has 0 radical (unpaired) electrons. The average molecular weight is 1070 g/mol. The van der Waals surface area contributed by atoms with E-state index in [1.807, 2.05) is 0 Å². The zero-order chi connectivity index (χ0) is 47.1. The fourth-order valence-electron chi connectivity index (χ4n) is 2.86. The van der Waals surface area contributed by atoms with Crippen LogP contribution in [0.25, 0.3) is 0 Å². The molecule has 0 aliphatic carbocycles. The van der Waals surface area contributed by atoms with Gasteiger partial charge < -0.3 is 49.1 Å². The van der Waals surface area contributed by atoms with Gasteiger partial charge in [-0.3, -0.25) is 67.9 Å². The zero-order valence-electron chi connectivity index (χ0n) is 31.9. The highest BCUT2D eigenvalue weighted by atomic mass is 31.2. The average Bonchev–Trinajstić information content (AvgIpc) is 3.13. The van der Waals surface area contributed by atoms with Crippen molar-refractivity contribution in [3.8, 4) is 0 Å². The van der Waals surface area contributed by atoms with Crippen LogP contribution in [0.3, 0.4) is 0 Å². The highest BCUT2D eigenvalue weighted by Crippen LogP contribution is 2.50. The van der Waals surface area contributed by atoms with Gasteiger partial charge in [0.2, 0.25) is 0 Å². The Balaban J connectivity index is 4.21. The van der Waals surface area contributed by atoms with Gasteiger partial charge >= 0.3 is 62.6 Å². The van der Waals surface area contributed by atoms with Crippen LogP contribution < -0.4 is 0 Å². The lowest BCUT2D eigenvalue weighted by molar-refractivity contribution is 0.0714. The van der Waals surface area contributed by atoms with E-state index < -0.39 is 167 Å². The second kappa shape index (κ2) is 29.6. The van der Waals surface area contributed by atoms with Gasteiger partial charge in [-0.05, 0) is 0 Å². The van der Waals surface area contributed by atoms with Crippen molar-refractivity contribution in [1.29, 1.82) is 0 Å². The maximum absolute atomic E-state index is 11.9. The number of rotatable bonds is 40. The summed E-state index contributed by atoms with van der Waals surface area (Å²) in [5.74, 6) is -1.23. The van der Waals surface area contributed by atoms with Gasteiger partial charge in [0.1, 0.15) is 0 Å². The van der Waals surface area contributed by atoms with Crippen LogP contribution in [0.15, 0.2) is 0 Å². The number of phosphoric ester groups is 8. The summed E-state index contributed by atoms with van der Waals surface area (Å²) in [6.07, 6.45) is 0. The molecule has 0 aliphatic rings. The van der Waals surface area contributed by atoms with Gasteiger partial charge in [0.15, 0.2) is 0 Å². The molecule has 0 saturated carbocycles. The lowest BCUT2D eigenvalue weighted by atomic mass is 10.2. The molecule has 368 valence electrons. The van der Waals surface area contributed by atoms with Gasteiger partial charge in [0.25, 0.3) is 0 Å². The van der Waals surface area contributed by atoms with Crippen molar-refractivity contribution >= 4 is 62.6 Å². The smallest absolute Gasteiger partial charge is 0.396 e. The van der Waals surface area contributed by atoms with E-state index in [0.29, 0.717) is 0 Å². The zero-order valence-corrected chi connectivity index (χ0v) is 39.1. The fourth-order valence-corrected chi connectivity index (χ4v) is 8.38. The fraction of sp³-hybridized carbons (Fsp3) is 1.00. The molecule has 0 fully saturated rings. The Kier molecular flexibility index (Phi) is 30.0. The minimum Gasteiger partial charge on any atom is -0.396 e. The van der Waals surface area contributed by atoms with Crippen LogP contribution in [-0.2, 0) is 104 Å². The molecule has 0 aliphatic heterocycles. The van der Waals surface area contributed by atoms with Crippen molar-refractivity contribution in [2.45, 2.75) is 13.8 Å². The first-order valence-electron chi connectivity index (χ1n) is 16.4. The molecule has 0 saturated heterocycles. The van der Waals surface area contributed by atoms with Gasteiger partial charge in [-0.25, -0.2) is 36.5 Å². The quantitative estimate of drug-likeness (QED) is 0.0305. The van der Waals surface area contributed by atoms with Gasteiger partial charge in [-0.15, -0.1) is 0 Å². The highest BCUT2D eigenvalue weighted by Gasteiger charge is 2.30. The molecule has 10 N–H and O–H groups in total. The molecule has 61 heavy (non-hydrogen) atoms. The molecule has 0 amide bonds. The van der Waals surface area contributed by atoms with E-state index in [2.05, 4.69) is 67.9 Å². The summed E-state index contributed by atoms with van der Waals surface area (Å²) in [6, 6.07) is 0. The van der Waals surface area contributed by atoms with Gasteiger partial charge in [-0.2, -0.15) is 0 Å². The number of hydrogen-bond acceptors (Lipinski definition) is 24. The predicted octanol–water partition coefficient (Wildman–Crippen LogP) is 1.30.